The van der Waals surface area contributed by atoms with E-state index < -0.39 is 11.9 Å². The van der Waals surface area contributed by atoms with Crippen molar-refractivity contribution in [2.75, 3.05) is 6.54 Å². The molecule has 1 aromatic heterocycles. The Hall–Kier alpha value is -3.61. The van der Waals surface area contributed by atoms with Crippen LogP contribution in [0.3, 0.4) is 0 Å². The van der Waals surface area contributed by atoms with Crippen LogP contribution in [0.1, 0.15) is 54.3 Å². The van der Waals surface area contributed by atoms with Crippen molar-refractivity contribution in [3.05, 3.63) is 77.2 Å². The molecule has 166 valence electrons. The van der Waals surface area contributed by atoms with Crippen LogP contribution in [0.15, 0.2) is 59.1 Å². The lowest BCUT2D eigenvalue weighted by atomic mass is 10.1. The minimum absolute atomic E-state index is 0.00399. The Kier molecular flexibility index (Phi) is 6.25. The zero-order valence-electron chi connectivity index (χ0n) is 18.2. The molecule has 0 bridgehead atoms. The minimum atomic E-state index is -0.959. The van der Waals surface area contributed by atoms with Crippen LogP contribution in [0.4, 0.5) is 0 Å². The summed E-state index contributed by atoms with van der Waals surface area (Å²) in [6.07, 6.45) is 1.91. The number of para-hydroxylation sites is 1. The molecule has 2 atom stereocenters. The Morgan fingerprint density at radius 2 is 1.97 bits per heavy atom. The normalized spacial score (nSPS) is 16.7. The van der Waals surface area contributed by atoms with Gasteiger partial charge in [-0.05, 0) is 56.0 Å². The Bertz CT molecular complexity index is 1110. The van der Waals surface area contributed by atoms with Gasteiger partial charge in [-0.3, -0.25) is 9.59 Å². The molecule has 0 spiro atoms. The molecule has 7 heteroatoms. The molecule has 2 unspecified atom stereocenters. The minimum Gasteiger partial charge on any atom is -0.481 e. The monoisotopic (exact) mass is 434 g/mol. The maximum Gasteiger partial charge on any atom is 0.312 e. The number of carboxylic acids is 1. The van der Waals surface area contributed by atoms with Crippen molar-refractivity contribution in [3.8, 4) is 11.5 Å². The highest BCUT2D eigenvalue weighted by atomic mass is 16.5. The zero-order valence-corrected chi connectivity index (χ0v) is 18.2. The van der Waals surface area contributed by atoms with Crippen LogP contribution in [-0.2, 0) is 16.0 Å². The molecule has 3 aromatic rings. The smallest absolute Gasteiger partial charge is 0.312 e. The fraction of sp³-hybridized carbons (Fsp3) is 0.320. The van der Waals surface area contributed by atoms with E-state index in [0.717, 1.165) is 35.5 Å². The summed E-state index contributed by atoms with van der Waals surface area (Å²) in [5, 5.41) is 13.1. The summed E-state index contributed by atoms with van der Waals surface area (Å²) < 4.78 is 11.3. The second-order valence-electron chi connectivity index (χ2n) is 8.15. The van der Waals surface area contributed by atoms with Gasteiger partial charge >= 0.3 is 5.97 Å². The van der Waals surface area contributed by atoms with Gasteiger partial charge in [0.15, 0.2) is 5.76 Å². The van der Waals surface area contributed by atoms with Crippen molar-refractivity contribution in [3.63, 3.8) is 0 Å². The number of nitrogens with zero attached hydrogens (tertiary/aromatic N) is 2. The molecule has 1 aliphatic heterocycles. The standard InChI is InChI=1S/C25H26N2O5/c1-16-6-3-4-8-22(16)31-19-11-9-18(10-12-19)14-24(28)27-13-5-7-21(27)23-15-20(26-32-23)17(2)25(29)30/h3-4,6,8-12,15,17,21H,5,7,13-14H2,1-2H3,(H,29,30). The fourth-order valence-electron chi connectivity index (χ4n) is 3.90. The van der Waals surface area contributed by atoms with E-state index >= 15 is 0 Å². The molecule has 0 radical (unpaired) electrons. The predicted octanol–water partition coefficient (Wildman–Crippen LogP) is 4.87. The van der Waals surface area contributed by atoms with Crippen molar-refractivity contribution in [1.29, 1.82) is 0 Å². The number of amides is 1. The average molecular weight is 434 g/mol. The Labute approximate surface area is 186 Å². The number of hydrogen-bond donors (Lipinski definition) is 1. The number of aliphatic carboxylic acids is 1. The van der Waals surface area contributed by atoms with Gasteiger partial charge in [0, 0.05) is 12.6 Å². The molecule has 1 N–H and O–H groups in total. The molecule has 2 heterocycles. The third kappa shape index (κ3) is 4.66. The van der Waals surface area contributed by atoms with E-state index in [1.165, 1.54) is 0 Å². The van der Waals surface area contributed by atoms with Gasteiger partial charge in [-0.25, -0.2) is 0 Å². The highest BCUT2D eigenvalue weighted by Crippen LogP contribution is 2.34. The van der Waals surface area contributed by atoms with E-state index in [1.807, 2.05) is 55.5 Å². The number of ether oxygens (including phenoxy) is 1. The predicted molar refractivity (Wildman–Crippen MR) is 118 cm³/mol. The SMILES string of the molecule is Cc1ccccc1Oc1ccc(CC(=O)N2CCCC2c2cc(C(C)C(=O)O)no2)cc1. The Balaban J connectivity index is 1.41. The van der Waals surface area contributed by atoms with Gasteiger partial charge in [-0.15, -0.1) is 0 Å². The fourth-order valence-corrected chi connectivity index (χ4v) is 3.90. The van der Waals surface area contributed by atoms with E-state index in [2.05, 4.69) is 5.16 Å². The van der Waals surface area contributed by atoms with Gasteiger partial charge in [0.2, 0.25) is 5.91 Å². The maximum absolute atomic E-state index is 13.0. The lowest BCUT2D eigenvalue weighted by Crippen LogP contribution is -2.31. The second-order valence-corrected chi connectivity index (χ2v) is 8.15. The molecule has 2 aromatic carbocycles. The summed E-state index contributed by atoms with van der Waals surface area (Å²) >= 11 is 0. The van der Waals surface area contributed by atoms with Gasteiger partial charge in [-0.2, -0.15) is 0 Å². The van der Waals surface area contributed by atoms with Crippen molar-refractivity contribution in [2.45, 2.75) is 45.1 Å². The highest BCUT2D eigenvalue weighted by Gasteiger charge is 2.33. The van der Waals surface area contributed by atoms with Crippen molar-refractivity contribution in [1.82, 2.24) is 10.1 Å². The number of carboxylic acid groups (broad SMARTS) is 1. The van der Waals surface area contributed by atoms with E-state index in [4.69, 9.17) is 9.26 Å². The number of benzene rings is 2. The summed E-state index contributed by atoms with van der Waals surface area (Å²) in [5.41, 5.74) is 2.33. The third-order valence-corrected chi connectivity index (χ3v) is 5.86. The number of likely N-dealkylation sites (tertiary alicyclic amines) is 1. The number of aromatic nitrogens is 1. The van der Waals surface area contributed by atoms with E-state index in [9.17, 15) is 14.7 Å². The largest absolute Gasteiger partial charge is 0.481 e. The van der Waals surface area contributed by atoms with Crippen molar-refractivity contribution in [2.24, 2.45) is 0 Å². The molecule has 1 saturated heterocycles. The molecule has 1 fully saturated rings. The summed E-state index contributed by atoms with van der Waals surface area (Å²) in [6.45, 7) is 4.20. The first-order valence-electron chi connectivity index (χ1n) is 10.7. The van der Waals surface area contributed by atoms with Crippen LogP contribution in [0.2, 0.25) is 0 Å². The third-order valence-electron chi connectivity index (χ3n) is 5.86. The molecular formula is C25H26N2O5. The topological polar surface area (TPSA) is 92.9 Å². The average Bonchev–Trinajstić information content (AvgIpc) is 3.45. The summed E-state index contributed by atoms with van der Waals surface area (Å²) in [6, 6.07) is 16.8. The molecular weight excluding hydrogens is 408 g/mol. The second kappa shape index (κ2) is 9.26. The van der Waals surface area contributed by atoms with Crippen molar-refractivity contribution >= 4 is 11.9 Å². The molecule has 1 aliphatic rings. The van der Waals surface area contributed by atoms with Gasteiger partial charge in [0.1, 0.15) is 11.5 Å². The highest BCUT2D eigenvalue weighted by molar-refractivity contribution is 5.79. The first-order chi connectivity index (χ1) is 15.4. The van der Waals surface area contributed by atoms with Gasteiger partial charge < -0.3 is 19.3 Å². The molecule has 0 saturated carbocycles. The number of hydrogen-bond acceptors (Lipinski definition) is 5. The summed E-state index contributed by atoms with van der Waals surface area (Å²) in [4.78, 5) is 26.0. The number of aryl methyl sites for hydroxylation is 1. The molecule has 32 heavy (non-hydrogen) atoms. The zero-order chi connectivity index (χ0) is 22.7. The first-order valence-corrected chi connectivity index (χ1v) is 10.7. The first kappa shape index (κ1) is 21.6. The molecule has 7 nitrogen and oxygen atoms in total. The lowest BCUT2D eigenvalue weighted by molar-refractivity contribution is -0.138. The van der Waals surface area contributed by atoms with Crippen LogP contribution in [0.5, 0.6) is 11.5 Å². The molecule has 1 amide bonds. The maximum atomic E-state index is 13.0. The summed E-state index contributed by atoms with van der Waals surface area (Å²) in [5.74, 6) is 0.360. The summed E-state index contributed by atoms with van der Waals surface area (Å²) in [7, 11) is 0. The number of carbonyl (C=O) groups excluding carboxylic acids is 1. The van der Waals surface area contributed by atoms with Gasteiger partial charge in [0.25, 0.3) is 0 Å². The number of rotatable bonds is 7. The van der Waals surface area contributed by atoms with Gasteiger partial charge in [0.05, 0.1) is 24.1 Å². The van der Waals surface area contributed by atoms with E-state index in [-0.39, 0.29) is 18.4 Å². The van der Waals surface area contributed by atoms with Crippen LogP contribution in [0, 0.1) is 6.92 Å². The van der Waals surface area contributed by atoms with Crippen molar-refractivity contribution < 1.29 is 24.0 Å². The van der Waals surface area contributed by atoms with E-state index in [1.54, 1.807) is 17.9 Å². The van der Waals surface area contributed by atoms with Crippen LogP contribution in [0.25, 0.3) is 0 Å². The lowest BCUT2D eigenvalue weighted by Gasteiger charge is -2.22. The van der Waals surface area contributed by atoms with E-state index in [0.29, 0.717) is 18.0 Å². The van der Waals surface area contributed by atoms with Crippen LogP contribution in [-0.4, -0.2) is 33.6 Å². The Morgan fingerprint density at radius 1 is 1.22 bits per heavy atom. The number of carbonyl (C=O) groups is 2. The molecule has 4 rings (SSSR count). The quantitative estimate of drug-likeness (QED) is 0.570. The van der Waals surface area contributed by atoms with Gasteiger partial charge in [-0.1, -0.05) is 35.5 Å². The molecule has 0 aliphatic carbocycles. The Morgan fingerprint density at radius 3 is 2.69 bits per heavy atom. The van der Waals surface area contributed by atoms with Crippen LogP contribution < -0.4 is 4.74 Å². The van der Waals surface area contributed by atoms with Crippen LogP contribution >= 0.6 is 0 Å².